The third kappa shape index (κ3) is 2.96. The second-order valence-corrected chi connectivity index (χ2v) is 3.86. The molecule has 1 fully saturated rings. The lowest BCUT2D eigenvalue weighted by Gasteiger charge is -2.34. The molecule has 0 saturated carbocycles. The molecule has 4 nitrogen and oxygen atoms in total. The van der Waals surface area contributed by atoms with Gasteiger partial charge in [0, 0.05) is 25.6 Å². The Morgan fingerprint density at radius 3 is 3.00 bits per heavy atom. The summed E-state index contributed by atoms with van der Waals surface area (Å²) in [5.41, 5.74) is 5.74. The van der Waals surface area contributed by atoms with Gasteiger partial charge in [-0.15, -0.1) is 0 Å². The second kappa shape index (κ2) is 5.32. The molecule has 1 amide bonds. The number of rotatable bonds is 3. The van der Waals surface area contributed by atoms with Gasteiger partial charge in [-0.1, -0.05) is 6.92 Å². The third-order valence-electron chi connectivity index (χ3n) is 2.50. The van der Waals surface area contributed by atoms with E-state index in [9.17, 15) is 4.79 Å². The van der Waals surface area contributed by atoms with Crippen molar-refractivity contribution in [3.63, 3.8) is 0 Å². The van der Waals surface area contributed by atoms with Crippen LogP contribution < -0.4 is 5.73 Å². The molecule has 0 radical (unpaired) electrons. The molecule has 2 atom stereocenters. The zero-order valence-corrected chi connectivity index (χ0v) is 9.03. The summed E-state index contributed by atoms with van der Waals surface area (Å²) in [5, 5.41) is 0. The summed E-state index contributed by atoms with van der Waals surface area (Å²) in [7, 11) is 0. The summed E-state index contributed by atoms with van der Waals surface area (Å²) >= 11 is 0. The van der Waals surface area contributed by atoms with Crippen molar-refractivity contribution in [2.45, 2.75) is 38.8 Å². The molecule has 2 N–H and O–H groups in total. The molecular weight excluding hydrogens is 180 g/mol. The summed E-state index contributed by atoms with van der Waals surface area (Å²) in [4.78, 5) is 13.5. The van der Waals surface area contributed by atoms with E-state index in [2.05, 4.69) is 0 Å². The molecule has 0 bridgehead atoms. The van der Waals surface area contributed by atoms with Crippen molar-refractivity contribution in [3.05, 3.63) is 0 Å². The van der Waals surface area contributed by atoms with Crippen LogP contribution in [-0.4, -0.2) is 42.6 Å². The zero-order valence-electron chi connectivity index (χ0n) is 9.03. The summed E-state index contributed by atoms with van der Waals surface area (Å²) in [6.45, 7) is 5.90. The van der Waals surface area contributed by atoms with Crippen LogP contribution >= 0.6 is 0 Å². The Kier molecular flexibility index (Phi) is 4.35. The fraction of sp³-hybridized carbons (Fsp3) is 0.900. The van der Waals surface area contributed by atoms with E-state index in [4.69, 9.17) is 10.5 Å². The molecule has 1 rings (SSSR count). The molecule has 82 valence electrons. The van der Waals surface area contributed by atoms with Crippen LogP contribution in [0.3, 0.4) is 0 Å². The molecule has 14 heavy (non-hydrogen) atoms. The van der Waals surface area contributed by atoms with Crippen molar-refractivity contribution in [3.8, 4) is 0 Å². The topological polar surface area (TPSA) is 55.6 Å². The first-order chi connectivity index (χ1) is 6.65. The summed E-state index contributed by atoms with van der Waals surface area (Å²) in [6.07, 6.45) is 1.54. The van der Waals surface area contributed by atoms with Crippen molar-refractivity contribution in [2.24, 2.45) is 5.73 Å². The highest BCUT2D eigenvalue weighted by atomic mass is 16.5. The molecule has 2 unspecified atom stereocenters. The first-order valence-electron chi connectivity index (χ1n) is 5.30. The van der Waals surface area contributed by atoms with Gasteiger partial charge in [0.15, 0.2) is 0 Å². The summed E-state index contributed by atoms with van der Waals surface area (Å²) < 4.78 is 5.48. The molecule has 0 aliphatic carbocycles. The molecular formula is C10H20N2O2. The maximum atomic E-state index is 11.6. The lowest BCUT2D eigenvalue weighted by atomic mass is 10.1. The Bertz CT molecular complexity index is 195. The number of nitrogens with two attached hydrogens (primary N) is 1. The molecule has 1 aliphatic heterocycles. The van der Waals surface area contributed by atoms with Crippen molar-refractivity contribution in [2.75, 3.05) is 19.7 Å². The number of hydrogen-bond acceptors (Lipinski definition) is 3. The van der Waals surface area contributed by atoms with Gasteiger partial charge < -0.3 is 15.4 Å². The lowest BCUT2D eigenvalue weighted by molar-refractivity contribution is -0.139. The minimum Gasteiger partial charge on any atom is -0.373 e. The quantitative estimate of drug-likeness (QED) is 0.715. The van der Waals surface area contributed by atoms with Crippen molar-refractivity contribution in [1.82, 2.24) is 4.90 Å². The number of amides is 1. The van der Waals surface area contributed by atoms with Crippen LogP contribution in [0.5, 0.6) is 0 Å². The van der Waals surface area contributed by atoms with Gasteiger partial charge >= 0.3 is 0 Å². The molecule has 4 heteroatoms. The van der Waals surface area contributed by atoms with E-state index in [0.29, 0.717) is 26.1 Å². The van der Waals surface area contributed by atoms with Crippen LogP contribution in [0.4, 0.5) is 0 Å². The zero-order chi connectivity index (χ0) is 10.6. The minimum atomic E-state index is -0.00720. The van der Waals surface area contributed by atoms with E-state index in [-0.39, 0.29) is 18.1 Å². The van der Waals surface area contributed by atoms with Crippen molar-refractivity contribution in [1.29, 1.82) is 0 Å². The Hall–Kier alpha value is -0.610. The Morgan fingerprint density at radius 2 is 2.43 bits per heavy atom. The van der Waals surface area contributed by atoms with Crippen LogP contribution in [0.1, 0.15) is 26.7 Å². The molecule has 0 spiro atoms. The van der Waals surface area contributed by atoms with Gasteiger partial charge in [-0.25, -0.2) is 0 Å². The Balaban J connectivity index is 2.43. The molecule has 0 aromatic carbocycles. The average Bonchev–Trinajstić information content (AvgIpc) is 2.18. The normalized spacial score (nSPS) is 24.8. The fourth-order valence-electron chi connectivity index (χ4n) is 1.59. The predicted octanol–water partition coefficient (Wildman–Crippen LogP) is 0.361. The van der Waals surface area contributed by atoms with Gasteiger partial charge in [-0.05, 0) is 13.3 Å². The standard InChI is InChI=1S/C10H20N2O2/c1-3-4-10(13)12-5-6-14-9(7-12)8(2)11/h8-9H,3-7,11H2,1-2H3. The number of ether oxygens (including phenoxy) is 1. The molecule has 0 aromatic rings. The van der Waals surface area contributed by atoms with Gasteiger partial charge in [0.05, 0.1) is 12.7 Å². The molecule has 1 heterocycles. The van der Waals surface area contributed by atoms with E-state index < -0.39 is 0 Å². The van der Waals surface area contributed by atoms with E-state index >= 15 is 0 Å². The predicted molar refractivity (Wildman–Crippen MR) is 54.9 cm³/mol. The third-order valence-corrected chi connectivity index (χ3v) is 2.50. The number of nitrogens with zero attached hydrogens (tertiary/aromatic N) is 1. The largest absolute Gasteiger partial charge is 0.373 e. The van der Waals surface area contributed by atoms with E-state index in [1.54, 1.807) is 0 Å². The van der Waals surface area contributed by atoms with Crippen LogP contribution in [0.25, 0.3) is 0 Å². The minimum absolute atomic E-state index is 0.00422. The number of carbonyl (C=O) groups is 1. The summed E-state index contributed by atoms with van der Waals surface area (Å²) in [6, 6.07) is -0.00720. The fourth-order valence-corrected chi connectivity index (χ4v) is 1.59. The van der Waals surface area contributed by atoms with Gasteiger partial charge in [0.1, 0.15) is 0 Å². The number of carbonyl (C=O) groups excluding carboxylic acids is 1. The summed E-state index contributed by atoms with van der Waals surface area (Å²) in [5.74, 6) is 0.224. The first-order valence-corrected chi connectivity index (χ1v) is 5.30. The molecule has 1 saturated heterocycles. The van der Waals surface area contributed by atoms with E-state index in [1.807, 2.05) is 18.7 Å². The molecule has 1 aliphatic rings. The Morgan fingerprint density at radius 1 is 1.71 bits per heavy atom. The van der Waals surface area contributed by atoms with Gasteiger partial charge in [-0.3, -0.25) is 4.79 Å². The maximum Gasteiger partial charge on any atom is 0.222 e. The number of morpholine rings is 1. The lowest BCUT2D eigenvalue weighted by Crippen LogP contribution is -2.51. The average molecular weight is 200 g/mol. The van der Waals surface area contributed by atoms with Gasteiger partial charge in [-0.2, -0.15) is 0 Å². The van der Waals surface area contributed by atoms with Crippen LogP contribution in [0.2, 0.25) is 0 Å². The van der Waals surface area contributed by atoms with Crippen LogP contribution in [0, 0.1) is 0 Å². The van der Waals surface area contributed by atoms with Crippen LogP contribution in [-0.2, 0) is 9.53 Å². The van der Waals surface area contributed by atoms with E-state index in [0.717, 1.165) is 6.42 Å². The van der Waals surface area contributed by atoms with Crippen molar-refractivity contribution >= 4 is 5.91 Å². The molecule has 0 aromatic heterocycles. The highest BCUT2D eigenvalue weighted by molar-refractivity contribution is 5.76. The smallest absolute Gasteiger partial charge is 0.222 e. The Labute approximate surface area is 85.4 Å². The van der Waals surface area contributed by atoms with Crippen molar-refractivity contribution < 1.29 is 9.53 Å². The monoisotopic (exact) mass is 200 g/mol. The van der Waals surface area contributed by atoms with Gasteiger partial charge in [0.25, 0.3) is 0 Å². The highest BCUT2D eigenvalue weighted by Crippen LogP contribution is 2.09. The SMILES string of the molecule is CCCC(=O)N1CCOC(C(C)N)C1. The maximum absolute atomic E-state index is 11.6. The highest BCUT2D eigenvalue weighted by Gasteiger charge is 2.25. The van der Waals surface area contributed by atoms with Gasteiger partial charge in [0.2, 0.25) is 5.91 Å². The second-order valence-electron chi connectivity index (χ2n) is 3.86. The number of hydrogen-bond donors (Lipinski definition) is 1. The van der Waals surface area contributed by atoms with Crippen LogP contribution in [0.15, 0.2) is 0 Å². The van der Waals surface area contributed by atoms with E-state index in [1.165, 1.54) is 0 Å². The first kappa shape index (κ1) is 11.5.